The highest BCUT2D eigenvalue weighted by atomic mass is 79.9. The quantitative estimate of drug-likeness (QED) is 0.839. The Bertz CT molecular complexity index is 854. The van der Waals surface area contributed by atoms with E-state index in [0.717, 1.165) is 4.47 Å². The first-order valence-corrected chi connectivity index (χ1v) is 9.46. The van der Waals surface area contributed by atoms with Crippen LogP contribution < -0.4 is 9.62 Å². The van der Waals surface area contributed by atoms with Crippen molar-refractivity contribution in [2.24, 2.45) is 0 Å². The van der Waals surface area contributed by atoms with E-state index in [-0.39, 0.29) is 23.8 Å². The minimum absolute atomic E-state index is 0.0626. The van der Waals surface area contributed by atoms with Crippen LogP contribution in [-0.4, -0.2) is 26.9 Å². The minimum atomic E-state index is -3.71. The lowest BCUT2D eigenvalue weighted by Gasteiger charge is -2.17. The van der Waals surface area contributed by atoms with Gasteiger partial charge in [0.15, 0.2) is 0 Å². The molecule has 1 aliphatic heterocycles. The smallest absolute Gasteiger partial charge is 0.240 e. The number of sulfonamides is 1. The lowest BCUT2D eigenvalue weighted by Crippen LogP contribution is -2.37. The van der Waals surface area contributed by atoms with E-state index in [0.29, 0.717) is 5.69 Å². The van der Waals surface area contributed by atoms with Crippen molar-refractivity contribution in [1.82, 2.24) is 4.72 Å². The lowest BCUT2D eigenvalue weighted by molar-refractivity contribution is -0.117. The van der Waals surface area contributed by atoms with Gasteiger partial charge in [-0.3, -0.25) is 4.79 Å². The van der Waals surface area contributed by atoms with E-state index in [2.05, 4.69) is 20.7 Å². The lowest BCUT2D eigenvalue weighted by atomic mass is 10.3. The fourth-order valence-electron chi connectivity index (χ4n) is 2.56. The second-order valence-corrected chi connectivity index (χ2v) is 8.09. The van der Waals surface area contributed by atoms with Crippen LogP contribution in [0, 0.1) is 5.82 Å². The monoisotopic (exact) mass is 412 g/mol. The van der Waals surface area contributed by atoms with Crippen molar-refractivity contribution in [1.29, 1.82) is 0 Å². The Morgan fingerprint density at radius 2 is 1.71 bits per heavy atom. The van der Waals surface area contributed by atoms with Gasteiger partial charge < -0.3 is 4.90 Å². The normalized spacial score (nSPS) is 18.2. The van der Waals surface area contributed by atoms with E-state index in [1.807, 2.05) is 0 Å². The van der Waals surface area contributed by atoms with Crippen LogP contribution in [-0.2, 0) is 14.8 Å². The van der Waals surface area contributed by atoms with Crippen LogP contribution in [0.5, 0.6) is 0 Å². The second-order valence-electron chi connectivity index (χ2n) is 5.46. The third-order valence-corrected chi connectivity index (χ3v) is 5.77. The molecule has 126 valence electrons. The van der Waals surface area contributed by atoms with E-state index >= 15 is 0 Å². The molecule has 2 aromatic rings. The van der Waals surface area contributed by atoms with Gasteiger partial charge >= 0.3 is 0 Å². The fraction of sp³-hybridized carbons (Fsp3) is 0.188. The van der Waals surface area contributed by atoms with Crippen molar-refractivity contribution in [3.05, 3.63) is 58.8 Å². The Balaban J connectivity index is 1.74. The fourth-order valence-corrected chi connectivity index (χ4v) is 4.05. The summed E-state index contributed by atoms with van der Waals surface area (Å²) in [5, 5.41) is 0. The average Bonchev–Trinajstić information content (AvgIpc) is 2.88. The van der Waals surface area contributed by atoms with Crippen LogP contribution in [0.15, 0.2) is 57.9 Å². The van der Waals surface area contributed by atoms with E-state index < -0.39 is 21.9 Å². The molecule has 1 heterocycles. The highest BCUT2D eigenvalue weighted by molar-refractivity contribution is 9.10. The summed E-state index contributed by atoms with van der Waals surface area (Å²) in [6.45, 7) is 0.209. The molecule has 1 saturated heterocycles. The Kier molecular flexibility index (Phi) is 4.71. The molecule has 1 fully saturated rings. The maximum absolute atomic E-state index is 13.0. The van der Waals surface area contributed by atoms with Crippen LogP contribution in [0.1, 0.15) is 6.42 Å². The van der Waals surface area contributed by atoms with Gasteiger partial charge in [0.05, 0.1) is 4.90 Å². The van der Waals surface area contributed by atoms with Gasteiger partial charge in [0.25, 0.3) is 0 Å². The van der Waals surface area contributed by atoms with Gasteiger partial charge in [0.1, 0.15) is 5.82 Å². The summed E-state index contributed by atoms with van der Waals surface area (Å²) >= 11 is 3.25. The maximum Gasteiger partial charge on any atom is 0.240 e. The molecular weight excluding hydrogens is 399 g/mol. The minimum Gasteiger partial charge on any atom is -0.311 e. The Hall–Kier alpha value is -1.77. The summed E-state index contributed by atoms with van der Waals surface area (Å²) in [5.74, 6) is -0.594. The average molecular weight is 413 g/mol. The Morgan fingerprint density at radius 3 is 2.33 bits per heavy atom. The van der Waals surface area contributed by atoms with Gasteiger partial charge in [-0.15, -0.1) is 0 Å². The molecule has 1 atom stereocenters. The first-order valence-electron chi connectivity index (χ1n) is 7.19. The maximum atomic E-state index is 13.0. The molecule has 1 N–H and O–H groups in total. The number of nitrogens with zero attached hydrogens (tertiary/aromatic N) is 1. The number of hydrogen-bond donors (Lipinski definition) is 1. The molecule has 5 nitrogen and oxygen atoms in total. The van der Waals surface area contributed by atoms with Gasteiger partial charge in [-0.05, 0) is 48.5 Å². The number of nitrogens with one attached hydrogen (secondary N) is 1. The molecule has 0 radical (unpaired) electrons. The second kappa shape index (κ2) is 6.62. The number of anilines is 1. The molecule has 0 aromatic heterocycles. The van der Waals surface area contributed by atoms with E-state index in [9.17, 15) is 17.6 Å². The highest BCUT2D eigenvalue weighted by Crippen LogP contribution is 2.23. The zero-order chi connectivity index (χ0) is 17.3. The Morgan fingerprint density at radius 1 is 1.08 bits per heavy atom. The number of hydrogen-bond acceptors (Lipinski definition) is 3. The molecule has 8 heteroatoms. The van der Waals surface area contributed by atoms with Crippen LogP contribution in [0.25, 0.3) is 0 Å². The summed E-state index contributed by atoms with van der Waals surface area (Å²) in [4.78, 5) is 13.7. The zero-order valence-electron chi connectivity index (χ0n) is 12.4. The number of carbonyl (C=O) groups excluding carboxylic acids is 1. The third-order valence-electron chi connectivity index (χ3n) is 3.71. The number of amides is 1. The molecule has 0 aliphatic carbocycles. The topological polar surface area (TPSA) is 66.5 Å². The van der Waals surface area contributed by atoms with Crippen molar-refractivity contribution < 1.29 is 17.6 Å². The summed E-state index contributed by atoms with van der Waals surface area (Å²) in [7, 11) is -3.71. The first-order chi connectivity index (χ1) is 11.3. The van der Waals surface area contributed by atoms with Crippen molar-refractivity contribution in [2.75, 3.05) is 11.4 Å². The molecule has 1 amide bonds. The van der Waals surface area contributed by atoms with Crippen molar-refractivity contribution >= 4 is 37.5 Å². The summed E-state index contributed by atoms with van der Waals surface area (Å²) in [6, 6.07) is 11.2. The van der Waals surface area contributed by atoms with E-state index in [1.54, 1.807) is 12.1 Å². The zero-order valence-corrected chi connectivity index (χ0v) is 14.8. The number of benzene rings is 2. The summed E-state index contributed by atoms with van der Waals surface area (Å²) in [6.07, 6.45) is 0.0626. The van der Waals surface area contributed by atoms with Crippen molar-refractivity contribution in [3.8, 4) is 0 Å². The van der Waals surface area contributed by atoms with Crippen molar-refractivity contribution in [2.45, 2.75) is 17.4 Å². The molecule has 3 rings (SSSR count). The number of carbonyl (C=O) groups is 1. The molecule has 0 spiro atoms. The van der Waals surface area contributed by atoms with E-state index in [4.69, 9.17) is 0 Å². The highest BCUT2D eigenvalue weighted by Gasteiger charge is 2.33. The Labute approximate surface area is 147 Å². The SMILES string of the molecule is O=C1C[C@@H](NS(=O)(=O)c2ccc(Br)cc2)CN1c1ccc(F)cc1. The number of rotatable bonds is 4. The molecule has 1 aliphatic rings. The third kappa shape index (κ3) is 3.66. The predicted molar refractivity (Wildman–Crippen MR) is 91.6 cm³/mol. The molecule has 2 aromatic carbocycles. The molecule has 0 unspecified atom stereocenters. The molecular formula is C16H14BrFN2O3S. The van der Waals surface area contributed by atoms with Gasteiger partial charge in [-0.1, -0.05) is 15.9 Å². The first kappa shape index (κ1) is 17.1. The van der Waals surface area contributed by atoms with E-state index in [1.165, 1.54) is 41.3 Å². The van der Waals surface area contributed by atoms with Crippen molar-refractivity contribution in [3.63, 3.8) is 0 Å². The van der Waals surface area contributed by atoms with Crippen LogP contribution in [0.3, 0.4) is 0 Å². The summed E-state index contributed by atoms with van der Waals surface area (Å²) < 4.78 is 41.1. The van der Waals surface area contributed by atoms with Gasteiger partial charge in [-0.25, -0.2) is 17.5 Å². The molecule has 0 saturated carbocycles. The standard InChI is InChI=1S/C16H14BrFN2O3S/c17-11-1-7-15(8-2-11)24(22,23)19-13-9-16(21)20(10-13)14-5-3-12(18)4-6-14/h1-8,13,19H,9-10H2/t13-/m1/s1. The van der Waals surface area contributed by atoms with Crippen LogP contribution in [0.2, 0.25) is 0 Å². The predicted octanol–water partition coefficient (Wildman–Crippen LogP) is 2.67. The van der Waals surface area contributed by atoms with Gasteiger partial charge in [0.2, 0.25) is 15.9 Å². The van der Waals surface area contributed by atoms with Crippen LogP contribution >= 0.6 is 15.9 Å². The summed E-state index contributed by atoms with van der Waals surface area (Å²) in [5.41, 5.74) is 0.548. The van der Waals surface area contributed by atoms with Gasteiger partial charge in [-0.2, -0.15) is 0 Å². The molecule has 24 heavy (non-hydrogen) atoms. The van der Waals surface area contributed by atoms with Crippen LogP contribution in [0.4, 0.5) is 10.1 Å². The molecule has 0 bridgehead atoms. The largest absolute Gasteiger partial charge is 0.311 e. The van der Waals surface area contributed by atoms with Gasteiger partial charge in [0, 0.05) is 29.2 Å². The number of halogens is 2.